The summed E-state index contributed by atoms with van der Waals surface area (Å²) >= 11 is 0. The van der Waals surface area contributed by atoms with Crippen LogP contribution in [0.2, 0.25) is 0 Å². The number of carbonyl (C=O) groups is 1. The van der Waals surface area contributed by atoms with Crippen molar-refractivity contribution in [2.45, 2.75) is 70.2 Å². The fourth-order valence-electron chi connectivity index (χ4n) is 2.02. The van der Waals surface area contributed by atoms with Crippen LogP contribution in [0, 0.1) is 0 Å². The Morgan fingerprint density at radius 2 is 1.83 bits per heavy atom. The highest BCUT2D eigenvalue weighted by molar-refractivity contribution is 5.78. The summed E-state index contributed by atoms with van der Waals surface area (Å²) in [7, 11) is 0. The highest BCUT2D eigenvalue weighted by Crippen LogP contribution is 2.17. The normalized spacial score (nSPS) is 27.9. The second-order valence-corrected chi connectivity index (χ2v) is 4.82. The lowest BCUT2D eigenvalue weighted by Crippen LogP contribution is -2.29. The van der Waals surface area contributed by atoms with E-state index in [-0.39, 0.29) is 0 Å². The first-order valence-electron chi connectivity index (χ1n) is 6.90. The van der Waals surface area contributed by atoms with Gasteiger partial charge in [0.1, 0.15) is 12.2 Å². The molecule has 3 atom stereocenters. The van der Waals surface area contributed by atoms with Crippen LogP contribution in [0.25, 0.3) is 0 Å². The number of carbonyl (C=O) groups excluding carboxylic acids is 1. The van der Waals surface area contributed by atoms with E-state index in [2.05, 4.69) is 6.92 Å². The van der Waals surface area contributed by atoms with E-state index in [0.717, 1.165) is 12.8 Å². The number of allylic oxidation sites excluding steroid dienone is 1. The summed E-state index contributed by atoms with van der Waals surface area (Å²) in [6, 6.07) is 0. The molecule has 0 aromatic carbocycles. The van der Waals surface area contributed by atoms with Crippen molar-refractivity contribution in [3.05, 3.63) is 12.2 Å². The van der Waals surface area contributed by atoms with Gasteiger partial charge >= 0.3 is 5.97 Å². The Kier molecular flexibility index (Phi) is 6.98. The minimum Gasteiger partial charge on any atom is -0.453 e. The quantitative estimate of drug-likeness (QED) is 0.396. The topological polar surface area (TPSA) is 66.8 Å². The van der Waals surface area contributed by atoms with Crippen molar-refractivity contribution in [3.8, 4) is 0 Å². The summed E-state index contributed by atoms with van der Waals surface area (Å²) < 4.78 is 4.82. The number of hydrogen-bond donors (Lipinski definition) is 2. The van der Waals surface area contributed by atoms with Crippen LogP contribution in [0.4, 0.5) is 0 Å². The van der Waals surface area contributed by atoms with Gasteiger partial charge in [-0.2, -0.15) is 0 Å². The van der Waals surface area contributed by atoms with Crippen molar-refractivity contribution >= 4 is 5.97 Å². The fourth-order valence-corrected chi connectivity index (χ4v) is 2.02. The highest BCUT2D eigenvalue weighted by Gasteiger charge is 2.40. The molecule has 0 amide bonds. The molecule has 0 aromatic rings. The van der Waals surface area contributed by atoms with E-state index in [4.69, 9.17) is 4.74 Å². The van der Waals surface area contributed by atoms with Crippen molar-refractivity contribution < 1.29 is 19.7 Å². The van der Waals surface area contributed by atoms with Gasteiger partial charge in [-0.05, 0) is 18.9 Å². The maximum Gasteiger partial charge on any atom is 0.338 e. The summed E-state index contributed by atoms with van der Waals surface area (Å²) in [4.78, 5) is 11.0. The molecule has 0 aromatic heterocycles. The van der Waals surface area contributed by atoms with Gasteiger partial charge in [-0.1, -0.05) is 45.1 Å². The number of rotatable bonds is 8. The minimum atomic E-state index is -1.39. The Morgan fingerprint density at radius 1 is 1.17 bits per heavy atom. The van der Waals surface area contributed by atoms with Crippen molar-refractivity contribution in [2.75, 3.05) is 0 Å². The number of esters is 1. The molecule has 0 unspecified atom stereocenters. The van der Waals surface area contributed by atoms with E-state index in [1.54, 1.807) is 6.08 Å². The van der Waals surface area contributed by atoms with Crippen LogP contribution < -0.4 is 0 Å². The van der Waals surface area contributed by atoms with Crippen LogP contribution in [0.3, 0.4) is 0 Å². The maximum absolute atomic E-state index is 11.0. The average molecular weight is 256 g/mol. The average Bonchev–Trinajstić information content (AvgIpc) is 2.60. The fraction of sp³-hybridized carbons (Fsp3) is 0.786. The van der Waals surface area contributed by atoms with Crippen LogP contribution in [0.15, 0.2) is 12.2 Å². The molecule has 0 aliphatic carbocycles. The number of ether oxygens (including phenoxy) is 1. The molecular weight excluding hydrogens is 232 g/mol. The van der Waals surface area contributed by atoms with Crippen LogP contribution in [0.1, 0.15) is 51.9 Å². The molecule has 2 N–H and O–H groups in total. The lowest BCUT2D eigenvalue weighted by Gasteiger charge is -2.08. The molecule has 0 spiro atoms. The summed E-state index contributed by atoms with van der Waals surface area (Å²) in [5.74, 6) is -0.739. The van der Waals surface area contributed by atoms with Gasteiger partial charge < -0.3 is 14.9 Å². The first-order valence-corrected chi connectivity index (χ1v) is 6.90. The smallest absolute Gasteiger partial charge is 0.338 e. The van der Waals surface area contributed by atoms with Crippen molar-refractivity contribution in [1.29, 1.82) is 0 Å². The van der Waals surface area contributed by atoms with E-state index in [9.17, 15) is 15.0 Å². The molecule has 0 radical (unpaired) electrons. The number of cyclic esters (lactones) is 1. The molecule has 4 nitrogen and oxygen atoms in total. The van der Waals surface area contributed by atoms with E-state index < -0.39 is 24.3 Å². The molecule has 1 saturated heterocycles. The zero-order valence-corrected chi connectivity index (χ0v) is 11.0. The van der Waals surface area contributed by atoms with Crippen LogP contribution in [0.5, 0.6) is 0 Å². The molecule has 1 aliphatic rings. The Balaban J connectivity index is 2.08. The second kappa shape index (κ2) is 8.27. The first kappa shape index (κ1) is 15.2. The predicted octanol–water partition coefficient (Wildman–Crippen LogP) is 1.94. The van der Waals surface area contributed by atoms with Gasteiger partial charge in [0, 0.05) is 0 Å². The Morgan fingerprint density at radius 3 is 2.44 bits per heavy atom. The molecule has 18 heavy (non-hydrogen) atoms. The zero-order chi connectivity index (χ0) is 13.4. The molecule has 1 fully saturated rings. The van der Waals surface area contributed by atoms with Gasteiger partial charge in [-0.15, -0.1) is 0 Å². The van der Waals surface area contributed by atoms with E-state index in [1.807, 2.05) is 6.08 Å². The minimum absolute atomic E-state index is 0.687. The lowest BCUT2D eigenvalue weighted by atomic mass is 10.1. The number of aliphatic hydroxyl groups excluding tert-OH is 2. The lowest BCUT2D eigenvalue weighted by molar-refractivity contribution is -0.146. The highest BCUT2D eigenvalue weighted by atomic mass is 16.6. The summed E-state index contributed by atoms with van der Waals surface area (Å²) in [5, 5.41) is 18.7. The van der Waals surface area contributed by atoms with Gasteiger partial charge in [0.15, 0.2) is 6.10 Å². The Hall–Kier alpha value is -0.870. The monoisotopic (exact) mass is 256 g/mol. The predicted molar refractivity (Wildman–Crippen MR) is 69.0 cm³/mol. The van der Waals surface area contributed by atoms with Gasteiger partial charge in [0.25, 0.3) is 0 Å². The molecule has 0 bridgehead atoms. The first-order chi connectivity index (χ1) is 8.66. The second-order valence-electron chi connectivity index (χ2n) is 4.82. The van der Waals surface area contributed by atoms with Crippen molar-refractivity contribution in [1.82, 2.24) is 0 Å². The molecule has 1 heterocycles. The largest absolute Gasteiger partial charge is 0.453 e. The van der Waals surface area contributed by atoms with Gasteiger partial charge in [0.05, 0.1) is 0 Å². The van der Waals surface area contributed by atoms with Crippen LogP contribution in [-0.4, -0.2) is 34.5 Å². The third kappa shape index (κ3) is 4.78. The molecule has 4 heteroatoms. The van der Waals surface area contributed by atoms with E-state index in [1.165, 1.54) is 32.1 Å². The number of hydrogen-bond acceptors (Lipinski definition) is 4. The van der Waals surface area contributed by atoms with Crippen molar-refractivity contribution in [3.63, 3.8) is 0 Å². The molecule has 104 valence electrons. The van der Waals surface area contributed by atoms with Crippen LogP contribution >= 0.6 is 0 Å². The molecule has 0 saturated carbocycles. The third-order valence-corrected chi connectivity index (χ3v) is 3.20. The SMILES string of the molecule is CCCCCCCC/C=C\[C@@H]1OC(=O)[C@@H](O)[C@@H]1O. The number of aliphatic hydroxyl groups is 2. The third-order valence-electron chi connectivity index (χ3n) is 3.20. The molecule has 1 aliphatic heterocycles. The standard InChI is InChI=1S/C14H24O4/c1-2-3-4-5-6-7-8-9-10-11-12(15)13(16)14(17)18-11/h9-13,15-16H,2-8H2,1H3/b10-9-/t11-,12+,13-/m0/s1. The zero-order valence-electron chi connectivity index (χ0n) is 11.0. The summed E-state index contributed by atoms with van der Waals surface area (Å²) in [5.41, 5.74) is 0. The van der Waals surface area contributed by atoms with Gasteiger partial charge in [-0.3, -0.25) is 0 Å². The number of unbranched alkanes of at least 4 members (excludes halogenated alkanes) is 6. The van der Waals surface area contributed by atoms with Crippen molar-refractivity contribution in [2.24, 2.45) is 0 Å². The maximum atomic E-state index is 11.0. The molecular formula is C14H24O4. The van der Waals surface area contributed by atoms with Crippen LogP contribution in [-0.2, 0) is 9.53 Å². The van der Waals surface area contributed by atoms with E-state index in [0.29, 0.717) is 0 Å². The summed E-state index contributed by atoms with van der Waals surface area (Å²) in [6.07, 6.45) is 8.74. The Bertz CT molecular complexity index is 275. The molecule has 1 rings (SSSR count). The Labute approximate surface area is 109 Å². The summed E-state index contributed by atoms with van der Waals surface area (Å²) in [6.45, 7) is 2.20. The van der Waals surface area contributed by atoms with E-state index >= 15 is 0 Å². The van der Waals surface area contributed by atoms with Gasteiger partial charge in [0.2, 0.25) is 0 Å². The van der Waals surface area contributed by atoms with Gasteiger partial charge in [-0.25, -0.2) is 4.79 Å².